The number of rotatable bonds is 0. The molecule has 0 atom stereocenters. The van der Waals surface area contributed by atoms with Gasteiger partial charge in [-0.25, -0.2) is 0 Å². The summed E-state index contributed by atoms with van der Waals surface area (Å²) in [5, 5.41) is 3.25. The minimum Gasteiger partial charge on any atom is -0.309 e. The molecule has 1 N–H and O–H groups in total. The van der Waals surface area contributed by atoms with E-state index in [0.29, 0.717) is 0 Å². The molecule has 1 aliphatic heterocycles. The van der Waals surface area contributed by atoms with Crippen LogP contribution in [0.3, 0.4) is 0 Å². The standard InChI is InChI=1S/C6H11N.Y/c1-6-2-4-7-5-3-6;/h7H,1-5H2;. The second kappa shape index (κ2) is 4.78. The first-order chi connectivity index (χ1) is 3.39. The van der Waals surface area contributed by atoms with E-state index in [4.69, 9.17) is 0 Å². The third-order valence-corrected chi connectivity index (χ3v) is 1.31. The molecule has 0 amide bonds. The van der Waals surface area contributed by atoms with Crippen LogP contribution < -0.4 is 5.32 Å². The van der Waals surface area contributed by atoms with Crippen LogP contribution in [0.25, 0.3) is 0 Å². The number of hydrogen-bond donors (Lipinski definition) is 1. The molecule has 0 unspecified atom stereocenters. The van der Waals surface area contributed by atoms with Crippen LogP contribution in [0.5, 0.6) is 0 Å². The molecule has 1 saturated heterocycles. The van der Waals surface area contributed by atoms with E-state index < -0.39 is 0 Å². The van der Waals surface area contributed by atoms with Gasteiger partial charge >= 0.3 is 0 Å². The van der Waals surface area contributed by atoms with Crippen molar-refractivity contribution in [1.82, 2.24) is 5.32 Å². The zero-order chi connectivity index (χ0) is 5.11. The Morgan fingerprint density at radius 2 is 1.75 bits per heavy atom. The van der Waals surface area contributed by atoms with Crippen LogP contribution in [0.1, 0.15) is 12.8 Å². The summed E-state index contributed by atoms with van der Waals surface area (Å²) in [6.07, 6.45) is 2.36. The maximum atomic E-state index is 3.87. The maximum absolute atomic E-state index is 3.87. The Kier molecular flexibility index (Phi) is 5.34. The van der Waals surface area contributed by atoms with E-state index in [-0.39, 0.29) is 32.7 Å². The molecule has 1 fully saturated rings. The van der Waals surface area contributed by atoms with Gasteiger partial charge in [0.15, 0.2) is 0 Å². The maximum Gasteiger partial charge on any atom is 0.0718 e. The summed E-state index contributed by atoms with van der Waals surface area (Å²) < 4.78 is 0. The Hall–Kier alpha value is 0.934. The molecule has 0 spiro atoms. The molecule has 1 nitrogen and oxygen atoms in total. The van der Waals surface area contributed by atoms with Crippen LogP contribution in [-0.2, 0) is 32.7 Å². The van der Waals surface area contributed by atoms with Gasteiger partial charge < -0.3 is 5.32 Å². The van der Waals surface area contributed by atoms with E-state index in [2.05, 4.69) is 12.2 Å². The Morgan fingerprint density at radius 3 is 2.00 bits per heavy atom. The van der Waals surface area contributed by atoms with Crippen molar-refractivity contribution in [3.05, 3.63) is 12.8 Å². The van der Waals surface area contributed by atoms with Crippen LogP contribution >= 0.6 is 0 Å². The molecule has 43 valence electrons. The molecule has 8 heavy (non-hydrogen) atoms. The first-order valence-corrected chi connectivity index (χ1v) is 2.77. The molecule has 0 aromatic rings. The van der Waals surface area contributed by atoms with Gasteiger partial charge in [0.2, 0.25) is 0 Å². The van der Waals surface area contributed by atoms with Crippen LogP contribution in [0.4, 0.5) is 0 Å². The van der Waals surface area contributed by atoms with Crippen molar-refractivity contribution < 1.29 is 32.7 Å². The van der Waals surface area contributed by atoms with Crippen molar-refractivity contribution in [1.29, 1.82) is 0 Å². The Bertz CT molecular complexity index is 50.5. The smallest absolute Gasteiger partial charge is 0.0718 e. The predicted octanol–water partition coefficient (Wildman–Crippen LogP) is 0.776. The molecule has 0 saturated carbocycles. The van der Waals surface area contributed by atoms with Crippen LogP contribution in [0, 0.1) is 12.8 Å². The summed E-state index contributed by atoms with van der Waals surface area (Å²) >= 11 is 0. The van der Waals surface area contributed by atoms with E-state index in [1.54, 1.807) is 0 Å². The molecule has 0 bridgehead atoms. The summed E-state index contributed by atoms with van der Waals surface area (Å²) in [7, 11) is 0. The van der Waals surface area contributed by atoms with Crippen LogP contribution in [-0.4, -0.2) is 13.1 Å². The van der Waals surface area contributed by atoms with Crippen molar-refractivity contribution in [2.24, 2.45) is 0 Å². The molecule has 1 rings (SSSR count). The fraction of sp³-hybridized carbons (Fsp3) is 0.667. The SMILES string of the molecule is [CH2-][C+]1CCNCC1.[Y]. The van der Waals surface area contributed by atoms with E-state index >= 15 is 0 Å². The van der Waals surface area contributed by atoms with Crippen molar-refractivity contribution >= 4 is 0 Å². The van der Waals surface area contributed by atoms with Gasteiger partial charge in [0.1, 0.15) is 0 Å². The van der Waals surface area contributed by atoms with Gasteiger partial charge in [-0.05, 0) is 0 Å². The number of nitrogens with one attached hydrogen (secondary N) is 1. The molecule has 0 aliphatic carbocycles. The monoisotopic (exact) mass is 186 g/mol. The average Bonchev–Trinajstić information content (AvgIpc) is 1.69. The summed E-state index contributed by atoms with van der Waals surface area (Å²) in [6, 6.07) is 0. The largest absolute Gasteiger partial charge is 0.309 e. The predicted molar refractivity (Wildman–Crippen MR) is 30.7 cm³/mol. The molecule has 0 aromatic heterocycles. The van der Waals surface area contributed by atoms with Crippen molar-refractivity contribution in [3.63, 3.8) is 0 Å². The first-order valence-electron chi connectivity index (χ1n) is 2.77. The summed E-state index contributed by atoms with van der Waals surface area (Å²) in [5.41, 5.74) is 0. The van der Waals surface area contributed by atoms with Crippen LogP contribution in [0.15, 0.2) is 0 Å². The molecule has 1 radical (unpaired) electrons. The van der Waals surface area contributed by atoms with E-state index in [9.17, 15) is 0 Å². The average molecular weight is 186 g/mol. The van der Waals surface area contributed by atoms with Gasteiger partial charge in [-0.3, -0.25) is 0 Å². The third kappa shape index (κ3) is 3.06. The normalized spacial score (nSPS) is 19.9. The first kappa shape index (κ1) is 8.93. The van der Waals surface area contributed by atoms with Crippen molar-refractivity contribution in [2.75, 3.05) is 13.1 Å². The van der Waals surface area contributed by atoms with Gasteiger partial charge in [0.05, 0.1) is 12.8 Å². The van der Waals surface area contributed by atoms with Gasteiger partial charge in [-0.15, -0.1) is 6.92 Å². The minimum absolute atomic E-state index is 0. The van der Waals surface area contributed by atoms with Crippen molar-refractivity contribution in [2.45, 2.75) is 12.8 Å². The number of piperidine rings is 1. The Balaban J connectivity index is 0.000000490. The zero-order valence-electron chi connectivity index (χ0n) is 5.11. The molecular weight excluding hydrogens is 175 g/mol. The van der Waals surface area contributed by atoms with E-state index in [0.717, 1.165) is 13.1 Å². The van der Waals surface area contributed by atoms with E-state index in [1.165, 1.54) is 18.8 Å². The van der Waals surface area contributed by atoms with Crippen LogP contribution in [0.2, 0.25) is 0 Å². The topological polar surface area (TPSA) is 12.0 Å². The van der Waals surface area contributed by atoms with Gasteiger partial charge in [-0.1, -0.05) is 5.92 Å². The van der Waals surface area contributed by atoms with Gasteiger partial charge in [-0.2, -0.15) is 0 Å². The Morgan fingerprint density at radius 1 is 1.25 bits per heavy atom. The fourth-order valence-electron chi connectivity index (χ4n) is 0.780. The van der Waals surface area contributed by atoms with Gasteiger partial charge in [0.25, 0.3) is 0 Å². The second-order valence-electron chi connectivity index (χ2n) is 2.00. The number of hydrogen-bond acceptors (Lipinski definition) is 1. The summed E-state index contributed by atoms with van der Waals surface area (Å²) in [4.78, 5) is 0. The second-order valence-corrected chi connectivity index (χ2v) is 2.00. The quantitative estimate of drug-likeness (QED) is 0.551. The molecule has 1 heterocycles. The van der Waals surface area contributed by atoms with Crippen molar-refractivity contribution in [3.8, 4) is 0 Å². The minimum atomic E-state index is 0. The Labute approximate surface area is 76.5 Å². The molecular formula is C6H11NY. The summed E-state index contributed by atoms with van der Waals surface area (Å²) in [5.74, 6) is 1.40. The molecule has 0 aromatic carbocycles. The zero-order valence-corrected chi connectivity index (χ0v) is 7.95. The third-order valence-electron chi connectivity index (χ3n) is 1.31. The molecule has 1 aliphatic rings. The fourth-order valence-corrected chi connectivity index (χ4v) is 0.780. The van der Waals surface area contributed by atoms with Gasteiger partial charge in [0, 0.05) is 45.8 Å². The molecule has 2 heteroatoms. The summed E-state index contributed by atoms with van der Waals surface area (Å²) in [6.45, 7) is 6.15. The van der Waals surface area contributed by atoms with E-state index in [1.807, 2.05) is 0 Å².